The van der Waals surface area contributed by atoms with Gasteiger partial charge in [0.1, 0.15) is 18.5 Å². The van der Waals surface area contributed by atoms with Crippen molar-refractivity contribution in [3.8, 4) is 5.75 Å². The molecule has 3 N–H and O–H groups in total. The molecule has 0 saturated carbocycles. The van der Waals surface area contributed by atoms with E-state index in [0.29, 0.717) is 12.3 Å². The van der Waals surface area contributed by atoms with Crippen LogP contribution in [0.5, 0.6) is 5.75 Å². The molecule has 7 nitrogen and oxygen atoms in total. The highest BCUT2D eigenvalue weighted by molar-refractivity contribution is 5.91. The Labute approximate surface area is 176 Å². The van der Waals surface area contributed by atoms with Crippen molar-refractivity contribution in [2.45, 2.75) is 18.9 Å². The molecule has 2 heterocycles. The molecule has 0 radical (unpaired) electrons. The Balaban J connectivity index is 1.32. The fourth-order valence-corrected chi connectivity index (χ4v) is 2.81. The molecule has 156 valence electrons. The molecule has 0 bridgehead atoms. The second-order valence-corrected chi connectivity index (χ2v) is 6.85. The van der Waals surface area contributed by atoms with Crippen LogP contribution in [0.3, 0.4) is 0 Å². The summed E-state index contributed by atoms with van der Waals surface area (Å²) >= 11 is 0. The number of ether oxygens (including phenoxy) is 1. The van der Waals surface area contributed by atoms with Crippen molar-refractivity contribution in [2.75, 3.05) is 25.0 Å². The molecule has 0 aliphatic heterocycles. The molecular weight excluding hydrogens is 380 g/mol. The first-order valence-corrected chi connectivity index (χ1v) is 9.89. The second-order valence-electron chi connectivity index (χ2n) is 6.85. The van der Waals surface area contributed by atoms with E-state index in [1.165, 1.54) is 0 Å². The molecular formula is C23H26N4O3. The first kappa shape index (κ1) is 21.4. The molecule has 0 aliphatic carbocycles. The summed E-state index contributed by atoms with van der Waals surface area (Å²) < 4.78 is 5.47. The van der Waals surface area contributed by atoms with Gasteiger partial charge in [0.2, 0.25) is 5.91 Å². The number of rotatable bonds is 11. The van der Waals surface area contributed by atoms with E-state index in [9.17, 15) is 9.90 Å². The number of carbonyl (C=O) groups is 1. The van der Waals surface area contributed by atoms with Gasteiger partial charge in [0.25, 0.3) is 0 Å². The van der Waals surface area contributed by atoms with Gasteiger partial charge in [-0.1, -0.05) is 18.2 Å². The molecule has 1 atom stereocenters. The average Bonchev–Trinajstić information content (AvgIpc) is 2.78. The largest absolute Gasteiger partial charge is 0.489 e. The van der Waals surface area contributed by atoms with E-state index in [1.54, 1.807) is 30.7 Å². The number of nitrogens with one attached hydrogen (secondary N) is 2. The van der Waals surface area contributed by atoms with Gasteiger partial charge in [-0.15, -0.1) is 0 Å². The van der Waals surface area contributed by atoms with Gasteiger partial charge >= 0.3 is 0 Å². The van der Waals surface area contributed by atoms with Crippen LogP contribution in [-0.4, -0.2) is 46.8 Å². The molecule has 0 aliphatic rings. The molecule has 0 unspecified atom stereocenters. The number of aromatic nitrogens is 2. The Hall–Kier alpha value is -3.29. The van der Waals surface area contributed by atoms with Crippen LogP contribution < -0.4 is 15.4 Å². The highest BCUT2D eigenvalue weighted by Gasteiger charge is 2.06. The highest BCUT2D eigenvalue weighted by Crippen LogP contribution is 2.11. The third kappa shape index (κ3) is 7.62. The van der Waals surface area contributed by atoms with Gasteiger partial charge in [-0.2, -0.15) is 0 Å². The second kappa shape index (κ2) is 11.6. The zero-order valence-corrected chi connectivity index (χ0v) is 16.7. The first-order chi connectivity index (χ1) is 14.7. The van der Waals surface area contributed by atoms with Crippen LogP contribution in [0.2, 0.25) is 0 Å². The molecule has 7 heteroatoms. The maximum absolute atomic E-state index is 12.1. The first-order valence-electron chi connectivity index (χ1n) is 9.89. The van der Waals surface area contributed by atoms with E-state index < -0.39 is 6.10 Å². The topological polar surface area (TPSA) is 96.4 Å². The van der Waals surface area contributed by atoms with Gasteiger partial charge in [-0.05, 0) is 54.9 Å². The minimum absolute atomic E-state index is 0.0920. The van der Waals surface area contributed by atoms with Crippen LogP contribution in [0.25, 0.3) is 0 Å². The number of aliphatic hydroxyl groups is 1. The Bertz CT molecular complexity index is 889. The Morgan fingerprint density at radius 1 is 1.07 bits per heavy atom. The van der Waals surface area contributed by atoms with Gasteiger partial charge < -0.3 is 20.5 Å². The van der Waals surface area contributed by atoms with Crippen molar-refractivity contribution in [1.29, 1.82) is 0 Å². The predicted molar refractivity (Wildman–Crippen MR) is 115 cm³/mol. The van der Waals surface area contributed by atoms with Crippen molar-refractivity contribution >= 4 is 11.6 Å². The van der Waals surface area contributed by atoms with E-state index in [1.807, 2.05) is 42.5 Å². The zero-order chi connectivity index (χ0) is 21.0. The number of amides is 1. The Kier molecular flexibility index (Phi) is 8.32. The molecule has 0 fully saturated rings. The Morgan fingerprint density at radius 3 is 2.67 bits per heavy atom. The fourth-order valence-electron chi connectivity index (χ4n) is 2.81. The number of hydrogen-bond donors (Lipinski definition) is 3. The smallest absolute Gasteiger partial charge is 0.230 e. The van der Waals surface area contributed by atoms with Crippen molar-refractivity contribution in [2.24, 2.45) is 0 Å². The number of hydrogen-bond acceptors (Lipinski definition) is 6. The van der Waals surface area contributed by atoms with Gasteiger partial charge in [-0.25, -0.2) is 0 Å². The summed E-state index contributed by atoms with van der Waals surface area (Å²) in [7, 11) is 0. The highest BCUT2D eigenvalue weighted by atomic mass is 16.5. The van der Waals surface area contributed by atoms with Crippen LogP contribution >= 0.6 is 0 Å². The van der Waals surface area contributed by atoms with Gasteiger partial charge in [-0.3, -0.25) is 14.8 Å². The summed E-state index contributed by atoms with van der Waals surface area (Å²) in [5.41, 5.74) is 2.65. The molecule has 3 aromatic rings. The maximum Gasteiger partial charge on any atom is 0.230 e. The number of aliphatic hydroxyl groups excluding tert-OH is 1. The number of pyridine rings is 2. The number of benzene rings is 1. The quantitative estimate of drug-likeness (QED) is 0.423. The van der Waals surface area contributed by atoms with Crippen molar-refractivity contribution < 1.29 is 14.6 Å². The Morgan fingerprint density at radius 2 is 1.93 bits per heavy atom. The summed E-state index contributed by atoms with van der Waals surface area (Å²) in [6.07, 6.45) is 5.44. The molecule has 0 spiro atoms. The van der Waals surface area contributed by atoms with Crippen LogP contribution in [0.1, 0.15) is 11.3 Å². The molecule has 2 aromatic heterocycles. The summed E-state index contributed by atoms with van der Waals surface area (Å²) in [5.74, 6) is 0.550. The van der Waals surface area contributed by atoms with E-state index in [2.05, 4.69) is 20.6 Å². The normalized spacial score (nSPS) is 11.6. The fraction of sp³-hybridized carbons (Fsp3) is 0.261. The van der Waals surface area contributed by atoms with Crippen LogP contribution in [0.15, 0.2) is 73.2 Å². The third-order valence-electron chi connectivity index (χ3n) is 4.35. The lowest BCUT2D eigenvalue weighted by Gasteiger charge is -2.13. The number of nitrogens with zero attached hydrogens (tertiary/aromatic N) is 2. The van der Waals surface area contributed by atoms with E-state index in [0.717, 1.165) is 29.9 Å². The average molecular weight is 406 g/mol. The minimum atomic E-state index is -0.595. The predicted octanol–water partition coefficient (Wildman–Crippen LogP) is 2.23. The van der Waals surface area contributed by atoms with Gasteiger partial charge in [0, 0.05) is 30.3 Å². The lowest BCUT2D eigenvalue weighted by Crippen LogP contribution is -2.32. The molecule has 1 aromatic carbocycles. The number of anilines is 1. The molecule has 1 amide bonds. The van der Waals surface area contributed by atoms with E-state index in [-0.39, 0.29) is 18.9 Å². The van der Waals surface area contributed by atoms with Gasteiger partial charge in [0.15, 0.2) is 0 Å². The molecule has 3 rings (SSSR count). The molecule has 30 heavy (non-hydrogen) atoms. The molecule has 0 saturated heterocycles. The van der Waals surface area contributed by atoms with Crippen molar-refractivity contribution in [1.82, 2.24) is 15.3 Å². The van der Waals surface area contributed by atoms with Crippen molar-refractivity contribution in [3.05, 3.63) is 84.4 Å². The SMILES string of the molecule is O=C(Cc1ccccn1)Nc1ccc(CCNC[C@H](O)COc2cccnc2)cc1. The lowest BCUT2D eigenvalue weighted by molar-refractivity contribution is -0.115. The monoisotopic (exact) mass is 406 g/mol. The number of carbonyl (C=O) groups excluding carboxylic acids is 1. The standard InChI is InChI=1S/C23H26N4O3/c28-21(17-30-22-5-3-11-24-16-22)15-25-13-10-18-6-8-19(9-7-18)27-23(29)14-20-4-1-2-12-26-20/h1-9,11-12,16,21,25,28H,10,13-15,17H2,(H,27,29)/t21-/m0/s1. The summed E-state index contributed by atoms with van der Waals surface area (Å²) in [4.78, 5) is 20.2. The summed E-state index contributed by atoms with van der Waals surface area (Å²) in [6.45, 7) is 1.39. The van der Waals surface area contributed by atoms with Crippen LogP contribution in [-0.2, 0) is 17.6 Å². The van der Waals surface area contributed by atoms with E-state index >= 15 is 0 Å². The zero-order valence-electron chi connectivity index (χ0n) is 16.7. The van der Waals surface area contributed by atoms with Crippen LogP contribution in [0.4, 0.5) is 5.69 Å². The lowest BCUT2D eigenvalue weighted by atomic mass is 10.1. The third-order valence-corrected chi connectivity index (χ3v) is 4.35. The van der Waals surface area contributed by atoms with Crippen LogP contribution in [0, 0.1) is 0 Å². The van der Waals surface area contributed by atoms with Gasteiger partial charge in [0.05, 0.1) is 12.6 Å². The maximum atomic E-state index is 12.1. The minimum Gasteiger partial charge on any atom is -0.489 e. The van der Waals surface area contributed by atoms with Crippen molar-refractivity contribution in [3.63, 3.8) is 0 Å². The summed E-state index contributed by atoms with van der Waals surface area (Å²) in [6, 6.07) is 16.9. The summed E-state index contributed by atoms with van der Waals surface area (Å²) in [5, 5.41) is 16.1. The van der Waals surface area contributed by atoms with E-state index in [4.69, 9.17) is 4.74 Å².